The summed E-state index contributed by atoms with van der Waals surface area (Å²) in [4.78, 5) is 55.7. The number of urea groups is 4. The molecule has 8 N–H and O–H groups in total. The van der Waals surface area contributed by atoms with Gasteiger partial charge in [0.25, 0.3) is 40.1 Å². The maximum absolute atomic E-state index is 14.1. The summed E-state index contributed by atoms with van der Waals surface area (Å²) in [6.45, 7) is 6.91. The van der Waals surface area contributed by atoms with Crippen LogP contribution in [0.15, 0.2) is 165 Å². The van der Waals surface area contributed by atoms with Crippen LogP contribution in [0, 0.1) is 27.7 Å². The molecule has 512 valence electrons. The first kappa shape index (κ1) is 69.1. The van der Waals surface area contributed by atoms with Crippen molar-refractivity contribution in [2.45, 2.75) is 73.0 Å². The van der Waals surface area contributed by atoms with Crippen LogP contribution >= 0.6 is 0 Å². The summed E-state index contributed by atoms with van der Waals surface area (Å²) in [5.41, 5.74) is 5.69. The zero-order valence-electron chi connectivity index (χ0n) is 53.3. The molecule has 0 aromatic heterocycles. The molecule has 0 spiro atoms. The SMILES string of the molecule is Cc1ccc(S(=O)(=O)NC(=O)Nc2cc3c4c(c2)Cc2cc(NC(=O)NS(=O)(=O)c5ccc(C)cc5)cc5c2OCCOCCOc2c(cc(NC(=O)NS(=O)(=O)c6ccc(C)cc6)cc2Cc2cc(NC(=O)NS(=O)(=O)c6ccc(C)cc6)cc(c2OCCOCCO4)C3)C5)cc1. The van der Waals surface area contributed by atoms with Crippen molar-refractivity contribution in [1.82, 2.24) is 18.9 Å². The molecule has 30 heteroatoms. The van der Waals surface area contributed by atoms with Crippen LogP contribution in [0.3, 0.4) is 0 Å². The van der Waals surface area contributed by atoms with Crippen LogP contribution in [-0.4, -0.2) is 111 Å². The first-order valence-electron chi connectivity index (χ1n) is 30.6. The Balaban J connectivity index is 1.12. The fraction of sp³-hybridized carbons (Fsp3) is 0.235. The number of rotatable bonds is 12. The van der Waals surface area contributed by atoms with Gasteiger partial charge < -0.3 is 49.7 Å². The van der Waals surface area contributed by atoms with Crippen LogP contribution in [0.1, 0.15) is 66.8 Å². The van der Waals surface area contributed by atoms with Gasteiger partial charge in [0, 0.05) is 92.9 Å². The van der Waals surface area contributed by atoms with Gasteiger partial charge >= 0.3 is 24.1 Å². The summed E-state index contributed by atoms with van der Waals surface area (Å²) < 4.78 is 157. The van der Waals surface area contributed by atoms with E-state index in [4.69, 9.17) is 28.4 Å². The maximum atomic E-state index is 14.1. The van der Waals surface area contributed by atoms with E-state index in [1.54, 1.807) is 76.2 Å². The molecule has 0 atom stereocenters. The Morgan fingerprint density at radius 1 is 0.276 bits per heavy atom. The molecule has 8 amide bonds. The van der Waals surface area contributed by atoms with Crippen LogP contribution in [-0.2, 0) is 75.3 Å². The molecule has 0 fully saturated rings. The van der Waals surface area contributed by atoms with Gasteiger partial charge in [-0.15, -0.1) is 0 Å². The van der Waals surface area contributed by atoms with Gasteiger partial charge in [-0.3, -0.25) is 0 Å². The first-order valence-corrected chi connectivity index (χ1v) is 36.6. The fourth-order valence-electron chi connectivity index (χ4n) is 11.2. The van der Waals surface area contributed by atoms with Gasteiger partial charge in [0.05, 0.1) is 46.0 Å². The molecule has 2 heterocycles. The Morgan fingerprint density at radius 3 is 0.622 bits per heavy atom. The summed E-state index contributed by atoms with van der Waals surface area (Å²) in [5.74, 6) is 0.823. The van der Waals surface area contributed by atoms with Crippen molar-refractivity contribution < 1.29 is 81.3 Å². The Kier molecular flexibility index (Phi) is 20.6. The molecule has 1 aliphatic carbocycles. The number of hydrogen-bond acceptors (Lipinski definition) is 18. The number of sulfonamides is 4. The lowest BCUT2D eigenvalue weighted by atomic mass is 9.90. The van der Waals surface area contributed by atoms with Crippen LogP contribution in [0.4, 0.5) is 41.9 Å². The minimum absolute atomic E-state index is 0.0202. The van der Waals surface area contributed by atoms with Crippen LogP contribution in [0.25, 0.3) is 0 Å². The lowest BCUT2D eigenvalue weighted by Crippen LogP contribution is -2.34. The molecule has 8 aromatic rings. The lowest BCUT2D eigenvalue weighted by molar-refractivity contribution is 0.0744. The second kappa shape index (κ2) is 29.2. The standard InChI is InChI=1S/C68H68N8O18S4/c1-41-5-13-57(14-6-41)95(81,82)73-65(77)69-53-33-45-29-46-34-54(70-66(78)74-96(83,84)58-15-7-42(2)8-16-58)39-51-32-52-40-56(72-68(80)76-98(87,88)60-19-11-44(4)12-20-60)36-48-30-47-35-55(71-67(79)75-97(85,86)59-17-9-43(3)10-18-59)38-50(63(47)93-27-23-90-24-28-94-64(48)52)31-49(37-53)61(45)91-25-21-89-22-26-92-62(46)51/h5-20,33-40H,21-32H2,1-4H3,(H2,69,73,77)(H2,70,74,78)(H2,71,75,79)(H2,72,76,80). The van der Waals surface area contributed by atoms with Crippen LogP contribution in [0.5, 0.6) is 23.0 Å². The Hall–Kier alpha value is -10.2. The van der Waals surface area contributed by atoms with E-state index < -0.39 is 64.2 Å². The van der Waals surface area contributed by atoms with E-state index >= 15 is 0 Å². The third kappa shape index (κ3) is 17.1. The van der Waals surface area contributed by atoms with Crippen molar-refractivity contribution in [1.29, 1.82) is 0 Å². The number of nitrogens with one attached hydrogen (secondary N) is 8. The maximum Gasteiger partial charge on any atom is 0.333 e. The van der Waals surface area contributed by atoms with Gasteiger partial charge in [-0.1, -0.05) is 70.8 Å². The molecule has 0 unspecified atom stereocenters. The summed E-state index contributed by atoms with van der Waals surface area (Å²) in [6.07, 6.45) is -0.778. The number of anilines is 4. The second-order valence-corrected chi connectivity index (χ2v) is 30.0. The topological polar surface area (TPSA) is 356 Å². The van der Waals surface area contributed by atoms with Crippen LogP contribution in [0.2, 0.25) is 0 Å². The number of benzene rings is 8. The van der Waals surface area contributed by atoms with Crippen molar-refractivity contribution >= 4 is 87.0 Å². The summed E-state index contributed by atoms with van der Waals surface area (Å²) in [5, 5.41) is 10.7. The molecule has 2 aliphatic heterocycles. The van der Waals surface area contributed by atoms with E-state index in [1.807, 2.05) is 0 Å². The predicted molar refractivity (Wildman–Crippen MR) is 363 cm³/mol. The fourth-order valence-corrected chi connectivity index (χ4v) is 14.8. The molecule has 98 heavy (non-hydrogen) atoms. The summed E-state index contributed by atoms with van der Waals surface area (Å²) in [7, 11) is -17.8. The summed E-state index contributed by atoms with van der Waals surface area (Å²) in [6, 6.07) is 31.0. The average molecular weight is 1410 g/mol. The molecular weight excluding hydrogens is 1350 g/mol. The number of carbonyl (C=O) groups is 4. The van der Waals surface area contributed by atoms with E-state index in [9.17, 15) is 52.8 Å². The van der Waals surface area contributed by atoms with E-state index in [2.05, 4.69) is 40.2 Å². The van der Waals surface area contributed by atoms with Crippen molar-refractivity contribution in [3.8, 4) is 23.0 Å². The van der Waals surface area contributed by atoms with E-state index in [1.165, 1.54) is 97.1 Å². The van der Waals surface area contributed by atoms with E-state index in [-0.39, 0.29) is 144 Å². The number of carbonyl (C=O) groups excluding carboxylic acids is 4. The number of amides is 8. The van der Waals surface area contributed by atoms with Gasteiger partial charge in [-0.2, -0.15) is 0 Å². The molecule has 3 aliphatic rings. The third-order valence-electron chi connectivity index (χ3n) is 15.7. The molecular formula is C68H68N8O18S4. The monoisotopic (exact) mass is 1410 g/mol. The molecule has 26 nitrogen and oxygen atoms in total. The normalized spacial score (nSPS) is 14.2. The minimum atomic E-state index is -4.46. The molecule has 0 saturated carbocycles. The molecule has 11 rings (SSSR count). The van der Waals surface area contributed by atoms with E-state index in [0.717, 1.165) is 22.3 Å². The Labute approximate surface area is 566 Å². The van der Waals surface area contributed by atoms with Crippen molar-refractivity contribution in [2.75, 3.05) is 74.1 Å². The number of aryl methyl sites for hydroxylation is 4. The smallest absolute Gasteiger partial charge is 0.333 e. The zero-order valence-corrected chi connectivity index (χ0v) is 56.6. The average Bonchev–Trinajstić information content (AvgIpc) is 0.770. The Bertz CT molecular complexity index is 4280. The summed E-state index contributed by atoms with van der Waals surface area (Å²) >= 11 is 0. The van der Waals surface area contributed by atoms with Gasteiger partial charge in [-0.25, -0.2) is 71.7 Å². The predicted octanol–water partition coefficient (Wildman–Crippen LogP) is 9.21. The number of ether oxygens (including phenoxy) is 6. The van der Waals surface area contributed by atoms with Crippen molar-refractivity contribution in [3.05, 3.63) is 212 Å². The highest BCUT2D eigenvalue weighted by atomic mass is 32.2. The van der Waals surface area contributed by atoms with Crippen molar-refractivity contribution in [2.24, 2.45) is 0 Å². The molecule has 0 saturated heterocycles. The van der Waals surface area contributed by atoms with Gasteiger partial charge in [0.1, 0.15) is 49.4 Å². The lowest BCUT2D eigenvalue weighted by Gasteiger charge is -2.26. The van der Waals surface area contributed by atoms with Gasteiger partial charge in [0.2, 0.25) is 0 Å². The van der Waals surface area contributed by atoms with E-state index in [0.29, 0.717) is 44.5 Å². The highest BCUT2D eigenvalue weighted by molar-refractivity contribution is 7.91. The Morgan fingerprint density at radius 2 is 0.449 bits per heavy atom. The van der Waals surface area contributed by atoms with Crippen molar-refractivity contribution in [3.63, 3.8) is 0 Å². The zero-order chi connectivity index (χ0) is 69.5. The molecule has 12 bridgehead atoms. The van der Waals surface area contributed by atoms with Gasteiger partial charge in [-0.05, 0) is 125 Å². The highest BCUT2D eigenvalue weighted by Gasteiger charge is 2.29. The largest absolute Gasteiger partial charge is 0.491 e. The molecule has 0 radical (unpaired) electrons. The highest BCUT2D eigenvalue weighted by Crippen LogP contribution is 2.43. The van der Waals surface area contributed by atoms with Crippen LogP contribution < -0.4 is 59.1 Å². The first-order chi connectivity index (χ1) is 46.7. The molecule has 8 aromatic carbocycles. The minimum Gasteiger partial charge on any atom is -0.491 e. The third-order valence-corrected chi connectivity index (χ3v) is 21.0. The van der Waals surface area contributed by atoms with Gasteiger partial charge in [0.15, 0.2) is 0 Å². The number of hydrogen-bond donors (Lipinski definition) is 8. The second-order valence-electron chi connectivity index (χ2n) is 23.3. The quantitative estimate of drug-likeness (QED) is 0.0564.